The fraction of sp³-hybridized carbons (Fsp3) is 0.143. The van der Waals surface area contributed by atoms with Crippen molar-refractivity contribution in [3.8, 4) is 0 Å². The molecule has 0 amide bonds. The van der Waals surface area contributed by atoms with Crippen molar-refractivity contribution in [2.45, 2.75) is 29.8 Å². The number of fused-ring (bicyclic) bond motifs is 2. The molecule has 0 aliphatic rings. The third kappa shape index (κ3) is 6.82. The highest BCUT2D eigenvalue weighted by Crippen LogP contribution is 2.22. The van der Waals surface area contributed by atoms with Gasteiger partial charge in [-0.25, -0.2) is 9.97 Å². The van der Waals surface area contributed by atoms with E-state index in [-0.39, 0.29) is 47.3 Å². The van der Waals surface area contributed by atoms with Gasteiger partial charge in [0.25, 0.3) is 11.1 Å². The lowest BCUT2D eigenvalue weighted by atomic mass is 10.2. The number of carbonyl (C=O) groups excluding carboxylic acids is 2. The van der Waals surface area contributed by atoms with Crippen LogP contribution in [-0.2, 0) is 13.1 Å². The molecule has 10 heteroatoms. The van der Waals surface area contributed by atoms with E-state index in [0.717, 1.165) is 0 Å². The summed E-state index contributed by atoms with van der Waals surface area (Å²) in [5.74, 6) is 0.128. The number of Topliss-reactive ketones (excluding diaryl/α,β-unsaturated/α-hetero) is 2. The predicted molar refractivity (Wildman–Crippen MR) is 180 cm³/mol. The zero-order chi connectivity index (χ0) is 31.2. The maximum Gasteiger partial charge on any atom is 0.262 e. The summed E-state index contributed by atoms with van der Waals surface area (Å²) in [4.78, 5) is 62.4. The first-order valence-electron chi connectivity index (χ1n) is 14.4. The molecule has 6 rings (SSSR count). The van der Waals surface area contributed by atoms with Gasteiger partial charge in [-0.15, -0.1) is 0 Å². The summed E-state index contributed by atoms with van der Waals surface area (Å²) in [5.41, 5.74) is 1.90. The lowest BCUT2D eigenvalue weighted by Crippen LogP contribution is -2.27. The van der Waals surface area contributed by atoms with Gasteiger partial charge in [-0.3, -0.25) is 28.3 Å². The van der Waals surface area contributed by atoms with Crippen molar-refractivity contribution in [1.82, 2.24) is 19.1 Å². The summed E-state index contributed by atoms with van der Waals surface area (Å²) < 4.78 is 3.16. The highest BCUT2D eigenvalue weighted by molar-refractivity contribution is 8.00. The topological polar surface area (TPSA) is 104 Å². The maximum atomic E-state index is 13.6. The van der Waals surface area contributed by atoms with E-state index in [9.17, 15) is 19.2 Å². The fourth-order valence-electron chi connectivity index (χ4n) is 4.97. The minimum Gasteiger partial charge on any atom is -0.293 e. The summed E-state index contributed by atoms with van der Waals surface area (Å²) in [6, 6.07) is 32.3. The van der Waals surface area contributed by atoms with Crippen LogP contribution in [0.1, 0.15) is 27.1 Å². The fourth-order valence-corrected chi connectivity index (χ4v) is 6.81. The van der Waals surface area contributed by atoms with Gasteiger partial charge in [0.1, 0.15) is 0 Å². The Labute approximate surface area is 267 Å². The molecule has 0 aliphatic heterocycles. The van der Waals surface area contributed by atoms with Crippen LogP contribution in [0.2, 0.25) is 0 Å². The summed E-state index contributed by atoms with van der Waals surface area (Å²) >= 11 is 2.44. The molecular weight excluding hydrogens is 605 g/mol. The van der Waals surface area contributed by atoms with Crippen LogP contribution >= 0.6 is 23.5 Å². The van der Waals surface area contributed by atoms with Crippen molar-refractivity contribution >= 4 is 56.9 Å². The van der Waals surface area contributed by atoms with Gasteiger partial charge in [-0.1, -0.05) is 108 Å². The summed E-state index contributed by atoms with van der Waals surface area (Å²) in [5, 5.41) is 1.85. The first kappa shape index (κ1) is 30.2. The molecule has 0 aliphatic carbocycles. The highest BCUT2D eigenvalue weighted by Gasteiger charge is 2.17. The molecule has 45 heavy (non-hydrogen) atoms. The number of carbonyl (C=O) groups is 2. The van der Waals surface area contributed by atoms with Crippen LogP contribution in [0.15, 0.2) is 129 Å². The van der Waals surface area contributed by atoms with E-state index in [4.69, 9.17) is 9.97 Å². The number of ketones is 2. The van der Waals surface area contributed by atoms with E-state index in [1.165, 1.54) is 23.5 Å². The number of thioether (sulfide) groups is 2. The van der Waals surface area contributed by atoms with Crippen LogP contribution in [0.5, 0.6) is 0 Å². The van der Waals surface area contributed by atoms with E-state index >= 15 is 0 Å². The van der Waals surface area contributed by atoms with E-state index < -0.39 is 0 Å². The molecule has 2 heterocycles. The molecular formula is C35H28N4O4S2. The second-order valence-electron chi connectivity index (χ2n) is 10.2. The Bertz CT molecular complexity index is 1980. The number of nitrogens with zero attached hydrogens (tertiary/aromatic N) is 4. The Kier molecular flexibility index (Phi) is 9.33. The van der Waals surface area contributed by atoms with Crippen LogP contribution < -0.4 is 11.1 Å². The molecule has 0 N–H and O–H groups in total. The van der Waals surface area contributed by atoms with Crippen LogP contribution in [0.25, 0.3) is 21.8 Å². The zero-order valence-electron chi connectivity index (χ0n) is 24.2. The van der Waals surface area contributed by atoms with Gasteiger partial charge in [0, 0.05) is 24.2 Å². The third-order valence-electron chi connectivity index (χ3n) is 7.27. The zero-order valence-corrected chi connectivity index (χ0v) is 25.8. The van der Waals surface area contributed by atoms with Crippen molar-refractivity contribution in [2.24, 2.45) is 0 Å². The Balaban J connectivity index is 1.26. The van der Waals surface area contributed by atoms with Crippen molar-refractivity contribution in [3.63, 3.8) is 0 Å². The van der Waals surface area contributed by atoms with Gasteiger partial charge in [-0.2, -0.15) is 0 Å². The smallest absolute Gasteiger partial charge is 0.262 e. The SMILES string of the molecule is O=C(CSc1nc2ccccc2c(=O)n1CCCn1c(SCC(=O)c2ccccc2)nc2ccccc2c1=O)c1ccccc1. The third-order valence-corrected chi connectivity index (χ3v) is 9.23. The second-order valence-corrected chi connectivity index (χ2v) is 12.1. The van der Waals surface area contributed by atoms with Gasteiger partial charge in [0.15, 0.2) is 21.9 Å². The second kappa shape index (κ2) is 13.9. The molecule has 0 unspecified atom stereocenters. The number of hydrogen-bond acceptors (Lipinski definition) is 8. The molecule has 0 radical (unpaired) electrons. The summed E-state index contributed by atoms with van der Waals surface area (Å²) in [6.45, 7) is 0.537. The number of aromatic nitrogens is 4. The monoisotopic (exact) mass is 632 g/mol. The average molecular weight is 633 g/mol. The number of benzene rings is 4. The van der Waals surface area contributed by atoms with Crippen LogP contribution in [0, 0.1) is 0 Å². The number of rotatable bonds is 12. The number of hydrogen-bond donors (Lipinski definition) is 0. The Hall–Kier alpha value is -4.80. The van der Waals surface area contributed by atoms with Gasteiger partial charge in [-0.05, 0) is 30.7 Å². The predicted octanol–water partition coefficient (Wildman–Crippen LogP) is 6.15. The molecule has 224 valence electrons. The molecule has 0 bridgehead atoms. The molecule has 8 nitrogen and oxygen atoms in total. The van der Waals surface area contributed by atoms with Crippen LogP contribution in [0.3, 0.4) is 0 Å². The van der Waals surface area contributed by atoms with Gasteiger partial charge >= 0.3 is 0 Å². The number of para-hydroxylation sites is 2. The first-order chi connectivity index (χ1) is 22.0. The Morgan fingerprint density at radius 1 is 0.533 bits per heavy atom. The Morgan fingerprint density at radius 3 is 1.33 bits per heavy atom. The average Bonchev–Trinajstić information content (AvgIpc) is 3.09. The molecule has 4 aromatic carbocycles. The van der Waals surface area contributed by atoms with E-state index in [0.29, 0.717) is 49.7 Å². The van der Waals surface area contributed by atoms with Crippen molar-refractivity contribution in [3.05, 3.63) is 141 Å². The molecule has 0 atom stereocenters. The summed E-state index contributed by atoms with van der Waals surface area (Å²) in [6.07, 6.45) is 0.417. The van der Waals surface area contributed by atoms with Crippen molar-refractivity contribution in [2.75, 3.05) is 11.5 Å². The normalized spacial score (nSPS) is 11.2. The molecule has 0 saturated carbocycles. The van der Waals surface area contributed by atoms with E-state index in [1.54, 1.807) is 69.8 Å². The van der Waals surface area contributed by atoms with Gasteiger partial charge < -0.3 is 0 Å². The lowest BCUT2D eigenvalue weighted by molar-refractivity contribution is 0.101. The van der Waals surface area contributed by atoms with Crippen LogP contribution in [0.4, 0.5) is 0 Å². The molecule has 0 saturated heterocycles. The quantitative estimate of drug-likeness (QED) is 0.0900. The Morgan fingerprint density at radius 2 is 0.911 bits per heavy atom. The maximum absolute atomic E-state index is 13.6. The molecule has 0 fully saturated rings. The molecule has 6 aromatic rings. The van der Waals surface area contributed by atoms with Crippen molar-refractivity contribution in [1.29, 1.82) is 0 Å². The van der Waals surface area contributed by atoms with Crippen molar-refractivity contribution < 1.29 is 9.59 Å². The van der Waals surface area contributed by atoms with E-state index in [1.807, 2.05) is 48.5 Å². The van der Waals surface area contributed by atoms with Crippen LogP contribution in [-0.4, -0.2) is 42.2 Å². The minimum absolute atomic E-state index is 0.0601. The molecule has 2 aromatic heterocycles. The largest absolute Gasteiger partial charge is 0.293 e. The van der Waals surface area contributed by atoms with E-state index in [2.05, 4.69) is 0 Å². The summed E-state index contributed by atoms with van der Waals surface area (Å²) in [7, 11) is 0. The lowest BCUT2D eigenvalue weighted by Gasteiger charge is -2.15. The first-order valence-corrected chi connectivity index (χ1v) is 16.4. The van der Waals surface area contributed by atoms with Gasteiger partial charge in [0.05, 0.1) is 33.3 Å². The minimum atomic E-state index is -0.206. The van der Waals surface area contributed by atoms with Gasteiger partial charge in [0.2, 0.25) is 0 Å². The molecule has 0 spiro atoms. The standard InChI is InChI=1S/C35H28N4O4S2/c40-30(24-12-3-1-4-13-24)22-44-34-36-28-18-9-7-16-26(28)32(42)38(34)20-11-21-39-33(43)27-17-8-10-19-29(27)37-35(39)45-23-31(41)25-14-5-2-6-15-25/h1-10,12-19H,11,20-23H2. The highest BCUT2D eigenvalue weighted by atomic mass is 32.2.